The third kappa shape index (κ3) is 9.05. The van der Waals surface area contributed by atoms with Crippen molar-refractivity contribution in [2.75, 3.05) is 0 Å². The van der Waals surface area contributed by atoms with E-state index < -0.39 is 47.9 Å². The highest BCUT2D eigenvalue weighted by molar-refractivity contribution is 5.94. The maximum atomic E-state index is 12.8. The van der Waals surface area contributed by atoms with Crippen LogP contribution < -0.4 is 21.7 Å². The van der Waals surface area contributed by atoms with E-state index in [-0.39, 0.29) is 18.3 Å². The fourth-order valence-electron chi connectivity index (χ4n) is 3.00. The Morgan fingerprint density at radius 2 is 1.41 bits per heavy atom. The standard InChI is InChI=1S/C23H36N4O5/c1-13(2)11-17(26-22(30)19(24)14(3)4)21(29)25-15(5)20(28)27-18(23(31)32)12-16-9-7-6-8-10-16/h6-10,13-15,17-19H,11-12,24H2,1-5H3,(H,25,29)(H,26,30)(H,27,28)(H,31,32). The van der Waals surface area contributed by atoms with Crippen LogP contribution >= 0.6 is 0 Å². The number of amides is 3. The Balaban J connectivity index is 2.78. The van der Waals surface area contributed by atoms with Crippen molar-refractivity contribution in [1.29, 1.82) is 0 Å². The summed E-state index contributed by atoms with van der Waals surface area (Å²) in [5.41, 5.74) is 6.63. The number of hydrogen-bond donors (Lipinski definition) is 5. The molecule has 1 aromatic carbocycles. The maximum Gasteiger partial charge on any atom is 0.326 e. The molecule has 3 amide bonds. The molecule has 32 heavy (non-hydrogen) atoms. The van der Waals surface area contributed by atoms with Crippen LogP contribution in [0.25, 0.3) is 0 Å². The van der Waals surface area contributed by atoms with Crippen LogP contribution in [-0.2, 0) is 25.6 Å². The molecule has 0 saturated heterocycles. The van der Waals surface area contributed by atoms with Gasteiger partial charge in [-0.05, 0) is 30.7 Å². The minimum atomic E-state index is -1.17. The van der Waals surface area contributed by atoms with E-state index in [1.165, 1.54) is 6.92 Å². The van der Waals surface area contributed by atoms with Gasteiger partial charge in [-0.25, -0.2) is 4.79 Å². The highest BCUT2D eigenvalue weighted by Gasteiger charge is 2.29. The first-order chi connectivity index (χ1) is 14.9. The van der Waals surface area contributed by atoms with Gasteiger partial charge in [-0.2, -0.15) is 0 Å². The molecule has 0 spiro atoms. The average Bonchev–Trinajstić information content (AvgIpc) is 2.72. The molecule has 0 saturated carbocycles. The van der Waals surface area contributed by atoms with Gasteiger partial charge in [-0.3, -0.25) is 14.4 Å². The van der Waals surface area contributed by atoms with Crippen molar-refractivity contribution in [3.63, 3.8) is 0 Å². The quantitative estimate of drug-likeness (QED) is 0.319. The summed E-state index contributed by atoms with van der Waals surface area (Å²) in [5.74, 6) is -2.76. The molecule has 1 rings (SSSR count). The van der Waals surface area contributed by atoms with Gasteiger partial charge in [0.15, 0.2) is 0 Å². The molecule has 0 radical (unpaired) electrons. The first-order valence-electron chi connectivity index (χ1n) is 10.9. The largest absolute Gasteiger partial charge is 0.480 e. The molecule has 4 unspecified atom stereocenters. The van der Waals surface area contributed by atoms with Crippen LogP contribution in [0.2, 0.25) is 0 Å². The van der Waals surface area contributed by atoms with Crippen molar-refractivity contribution in [3.05, 3.63) is 35.9 Å². The molecule has 9 nitrogen and oxygen atoms in total. The fourth-order valence-corrected chi connectivity index (χ4v) is 3.00. The molecule has 0 fully saturated rings. The zero-order valence-corrected chi connectivity index (χ0v) is 19.4. The van der Waals surface area contributed by atoms with Gasteiger partial charge < -0.3 is 26.8 Å². The van der Waals surface area contributed by atoms with E-state index in [0.717, 1.165) is 5.56 Å². The Kier molecular flexibility index (Phi) is 10.8. The molecule has 0 aromatic heterocycles. The van der Waals surface area contributed by atoms with Crippen molar-refractivity contribution in [2.24, 2.45) is 17.6 Å². The summed E-state index contributed by atoms with van der Waals surface area (Å²) in [6.07, 6.45) is 0.476. The summed E-state index contributed by atoms with van der Waals surface area (Å²) in [5, 5.41) is 17.2. The Morgan fingerprint density at radius 3 is 1.91 bits per heavy atom. The van der Waals surface area contributed by atoms with E-state index in [2.05, 4.69) is 16.0 Å². The third-order valence-corrected chi connectivity index (χ3v) is 5.01. The summed E-state index contributed by atoms with van der Waals surface area (Å²) in [6.45, 7) is 8.89. The SMILES string of the molecule is CC(C)CC(NC(=O)C(N)C(C)C)C(=O)NC(C)C(=O)NC(Cc1ccccc1)C(=O)O. The van der Waals surface area contributed by atoms with Gasteiger partial charge in [0, 0.05) is 6.42 Å². The minimum absolute atomic E-state index is 0.0972. The lowest BCUT2D eigenvalue weighted by Gasteiger charge is -2.25. The number of carboxylic acids is 1. The van der Waals surface area contributed by atoms with Gasteiger partial charge >= 0.3 is 5.97 Å². The van der Waals surface area contributed by atoms with Crippen LogP contribution in [-0.4, -0.2) is 53.0 Å². The minimum Gasteiger partial charge on any atom is -0.480 e. The Bertz CT molecular complexity index is 782. The molecule has 9 heteroatoms. The molecule has 0 aliphatic rings. The van der Waals surface area contributed by atoms with Gasteiger partial charge in [0.1, 0.15) is 18.1 Å². The highest BCUT2D eigenvalue weighted by atomic mass is 16.4. The summed E-state index contributed by atoms with van der Waals surface area (Å²) in [6, 6.07) is 5.18. The topological polar surface area (TPSA) is 151 Å². The van der Waals surface area contributed by atoms with Crippen molar-refractivity contribution in [3.8, 4) is 0 Å². The third-order valence-electron chi connectivity index (χ3n) is 5.01. The van der Waals surface area contributed by atoms with Crippen molar-refractivity contribution < 1.29 is 24.3 Å². The van der Waals surface area contributed by atoms with E-state index in [9.17, 15) is 24.3 Å². The second-order valence-corrected chi connectivity index (χ2v) is 8.78. The van der Waals surface area contributed by atoms with E-state index in [1.54, 1.807) is 24.3 Å². The number of carbonyl (C=O) groups excluding carboxylic acids is 3. The van der Waals surface area contributed by atoms with Crippen molar-refractivity contribution >= 4 is 23.7 Å². The molecule has 1 aromatic rings. The fraction of sp³-hybridized carbons (Fsp3) is 0.565. The first kappa shape index (κ1) is 27.1. The number of benzene rings is 1. The van der Waals surface area contributed by atoms with Crippen molar-refractivity contribution in [2.45, 2.75) is 71.6 Å². The van der Waals surface area contributed by atoms with Gasteiger partial charge in [-0.15, -0.1) is 0 Å². The van der Waals surface area contributed by atoms with Gasteiger partial charge in [0.05, 0.1) is 6.04 Å². The summed E-state index contributed by atoms with van der Waals surface area (Å²) in [7, 11) is 0. The van der Waals surface area contributed by atoms with Crippen LogP contribution in [0, 0.1) is 11.8 Å². The molecule has 0 aliphatic carbocycles. The highest BCUT2D eigenvalue weighted by Crippen LogP contribution is 2.08. The number of hydrogen-bond acceptors (Lipinski definition) is 5. The molecule has 0 bridgehead atoms. The number of nitrogens with two attached hydrogens (primary N) is 1. The van der Waals surface area contributed by atoms with Gasteiger partial charge in [0.25, 0.3) is 0 Å². The molecular weight excluding hydrogens is 412 g/mol. The monoisotopic (exact) mass is 448 g/mol. The number of rotatable bonds is 12. The Hall–Kier alpha value is -2.94. The van der Waals surface area contributed by atoms with Gasteiger partial charge in [-0.1, -0.05) is 58.0 Å². The summed E-state index contributed by atoms with van der Waals surface area (Å²) < 4.78 is 0. The number of carbonyl (C=O) groups is 4. The lowest BCUT2D eigenvalue weighted by atomic mass is 10.0. The number of nitrogens with one attached hydrogen (secondary N) is 3. The predicted molar refractivity (Wildman–Crippen MR) is 122 cm³/mol. The van der Waals surface area contributed by atoms with Gasteiger partial charge in [0.2, 0.25) is 17.7 Å². The molecule has 4 atom stereocenters. The molecule has 0 aliphatic heterocycles. The predicted octanol–water partition coefficient (Wildman–Crippen LogP) is 0.817. The summed E-state index contributed by atoms with van der Waals surface area (Å²) in [4.78, 5) is 49.2. The van der Waals surface area contributed by atoms with Crippen LogP contribution in [0.1, 0.15) is 46.6 Å². The normalized spacial score (nSPS) is 14.9. The Labute approximate surface area is 189 Å². The molecule has 178 valence electrons. The number of carboxylic acid groups (broad SMARTS) is 1. The zero-order chi connectivity index (χ0) is 24.4. The van der Waals surface area contributed by atoms with Crippen LogP contribution in [0.5, 0.6) is 0 Å². The van der Waals surface area contributed by atoms with Crippen molar-refractivity contribution in [1.82, 2.24) is 16.0 Å². The second-order valence-electron chi connectivity index (χ2n) is 8.78. The molecule has 0 heterocycles. The maximum absolute atomic E-state index is 12.8. The first-order valence-corrected chi connectivity index (χ1v) is 10.9. The zero-order valence-electron chi connectivity index (χ0n) is 19.4. The lowest BCUT2D eigenvalue weighted by molar-refractivity contribution is -0.142. The molecular formula is C23H36N4O5. The average molecular weight is 449 g/mol. The van der Waals surface area contributed by atoms with Crippen LogP contribution in [0.15, 0.2) is 30.3 Å². The van der Waals surface area contributed by atoms with E-state index in [0.29, 0.717) is 6.42 Å². The van der Waals surface area contributed by atoms with E-state index >= 15 is 0 Å². The van der Waals surface area contributed by atoms with E-state index in [4.69, 9.17) is 5.73 Å². The Morgan fingerprint density at radius 1 is 0.844 bits per heavy atom. The van der Waals surface area contributed by atoms with E-state index in [1.807, 2.05) is 33.8 Å². The number of aliphatic carboxylic acids is 1. The van der Waals surface area contributed by atoms with Crippen LogP contribution in [0.4, 0.5) is 0 Å². The smallest absolute Gasteiger partial charge is 0.326 e. The lowest BCUT2D eigenvalue weighted by Crippen LogP contribution is -2.57. The summed E-state index contributed by atoms with van der Waals surface area (Å²) >= 11 is 0. The second kappa shape index (κ2) is 12.8. The van der Waals surface area contributed by atoms with Crippen LogP contribution in [0.3, 0.4) is 0 Å². The molecule has 6 N–H and O–H groups in total.